The van der Waals surface area contributed by atoms with E-state index in [-0.39, 0.29) is 18.9 Å². The monoisotopic (exact) mass is 164 g/mol. The van der Waals surface area contributed by atoms with Crippen molar-refractivity contribution in [1.29, 1.82) is 0 Å². The van der Waals surface area contributed by atoms with Gasteiger partial charge in [-0.3, -0.25) is 0 Å². The maximum Gasteiger partial charge on any atom is 1.00 e. The maximum absolute atomic E-state index is 2.24. The molecular weight excluding hydrogens is 151 g/mol. The summed E-state index contributed by atoms with van der Waals surface area (Å²) in [6.45, 7) is 4.48. The van der Waals surface area contributed by atoms with Gasteiger partial charge in [0.1, 0.15) is 0 Å². The first kappa shape index (κ1) is 10.5. The molecule has 0 aliphatic carbocycles. The normalized spacial score (nSPS) is 10.4. The van der Waals surface area contributed by atoms with Gasteiger partial charge in [0.25, 0.3) is 0 Å². The fourth-order valence-corrected chi connectivity index (χ4v) is 1.68. The van der Waals surface area contributed by atoms with Crippen LogP contribution in [-0.4, -0.2) is 0 Å². The average Bonchev–Trinajstić information content (AvgIpc) is 2.47. The van der Waals surface area contributed by atoms with Crippen LogP contribution in [0.5, 0.6) is 0 Å². The Labute approximate surface area is 91.5 Å². The summed E-state index contributed by atoms with van der Waals surface area (Å²) in [6, 6.07) is 13.0. The van der Waals surface area contributed by atoms with Crippen LogP contribution in [0.1, 0.15) is 25.3 Å². The zero-order chi connectivity index (χ0) is 8.55. The van der Waals surface area contributed by atoms with Crippen LogP contribution >= 0.6 is 0 Å². The molecule has 0 unspecified atom stereocenters. The van der Waals surface area contributed by atoms with Crippen molar-refractivity contribution < 1.29 is 18.9 Å². The molecule has 0 bridgehead atoms. The Kier molecular flexibility index (Phi) is 3.31. The largest absolute Gasteiger partial charge is 1.00 e. The Morgan fingerprint density at radius 3 is 2.46 bits per heavy atom. The first-order valence-electron chi connectivity index (χ1n) is 4.43. The van der Waals surface area contributed by atoms with Gasteiger partial charge >= 0.3 is 18.9 Å². The molecule has 0 aliphatic heterocycles. The van der Waals surface area contributed by atoms with Gasteiger partial charge in [-0.15, -0.1) is 40.6 Å². The van der Waals surface area contributed by atoms with Crippen molar-refractivity contribution in [1.82, 2.24) is 0 Å². The summed E-state index contributed by atoms with van der Waals surface area (Å²) in [4.78, 5) is 0. The van der Waals surface area contributed by atoms with E-state index in [1.54, 1.807) is 0 Å². The van der Waals surface area contributed by atoms with Gasteiger partial charge in [-0.05, 0) is 0 Å². The SMILES string of the molecule is CC(C)[c-]1ccc2ccccc21.[Li+]. The number of hydrogen-bond donors (Lipinski definition) is 0. The standard InChI is InChI=1S/C12H13.Li/c1-9(2)11-8-7-10-5-3-4-6-12(10)11;/h3-9H,1-2H3;/q-1;+1. The molecule has 0 nitrogen and oxygen atoms in total. The predicted octanol–water partition coefficient (Wildman–Crippen LogP) is 0.686. The second kappa shape index (κ2) is 4.09. The third-order valence-corrected chi connectivity index (χ3v) is 2.34. The van der Waals surface area contributed by atoms with Gasteiger partial charge in [-0.1, -0.05) is 25.8 Å². The van der Waals surface area contributed by atoms with Gasteiger partial charge in [0.15, 0.2) is 0 Å². The van der Waals surface area contributed by atoms with Crippen LogP contribution in [0.4, 0.5) is 0 Å². The molecule has 0 heterocycles. The van der Waals surface area contributed by atoms with E-state index >= 15 is 0 Å². The Morgan fingerprint density at radius 2 is 1.77 bits per heavy atom. The minimum Gasteiger partial charge on any atom is -0.168 e. The summed E-state index contributed by atoms with van der Waals surface area (Å²) < 4.78 is 0. The third-order valence-electron chi connectivity index (χ3n) is 2.34. The van der Waals surface area contributed by atoms with Crippen molar-refractivity contribution in [2.75, 3.05) is 0 Å². The topological polar surface area (TPSA) is 0 Å². The first-order valence-corrected chi connectivity index (χ1v) is 4.43. The Bertz CT molecular complexity index is 385. The molecular formula is C12H13Li. The molecule has 1 heteroatoms. The van der Waals surface area contributed by atoms with Crippen LogP contribution in [0.25, 0.3) is 10.8 Å². The van der Waals surface area contributed by atoms with Gasteiger partial charge in [-0.25, -0.2) is 0 Å². The summed E-state index contributed by atoms with van der Waals surface area (Å²) in [7, 11) is 0. The zero-order valence-electron chi connectivity index (χ0n) is 8.54. The summed E-state index contributed by atoms with van der Waals surface area (Å²) in [5, 5.41) is 2.77. The number of rotatable bonds is 1. The Hall–Kier alpha value is -0.573. The molecule has 62 valence electrons. The number of fused-ring (bicyclic) bond motifs is 1. The van der Waals surface area contributed by atoms with Crippen LogP contribution in [0.15, 0.2) is 36.4 Å². The molecule has 0 aromatic heterocycles. The van der Waals surface area contributed by atoms with Crippen molar-refractivity contribution >= 4 is 10.8 Å². The number of benzene rings is 1. The van der Waals surface area contributed by atoms with Gasteiger partial charge < -0.3 is 0 Å². The van der Waals surface area contributed by atoms with E-state index in [0.717, 1.165) is 0 Å². The first-order chi connectivity index (χ1) is 5.79. The summed E-state index contributed by atoms with van der Waals surface area (Å²) in [5.74, 6) is 0.630. The van der Waals surface area contributed by atoms with Crippen molar-refractivity contribution in [3.63, 3.8) is 0 Å². The van der Waals surface area contributed by atoms with Gasteiger partial charge in [0.2, 0.25) is 0 Å². The smallest absolute Gasteiger partial charge is 0.168 e. The molecule has 2 rings (SSSR count). The average molecular weight is 164 g/mol. The Balaban J connectivity index is 0.000000845. The zero-order valence-corrected chi connectivity index (χ0v) is 8.54. The summed E-state index contributed by atoms with van der Waals surface area (Å²) in [6.07, 6.45) is 0. The molecule has 0 fully saturated rings. The van der Waals surface area contributed by atoms with Crippen LogP contribution in [0, 0.1) is 0 Å². The van der Waals surface area contributed by atoms with Crippen molar-refractivity contribution in [3.8, 4) is 0 Å². The molecule has 0 atom stereocenters. The third kappa shape index (κ3) is 1.85. The Morgan fingerprint density at radius 1 is 1.08 bits per heavy atom. The van der Waals surface area contributed by atoms with Gasteiger partial charge in [0.05, 0.1) is 0 Å². The van der Waals surface area contributed by atoms with E-state index in [9.17, 15) is 0 Å². The van der Waals surface area contributed by atoms with E-state index in [2.05, 4.69) is 50.2 Å². The fourth-order valence-electron chi connectivity index (χ4n) is 1.68. The van der Waals surface area contributed by atoms with E-state index in [4.69, 9.17) is 0 Å². The van der Waals surface area contributed by atoms with E-state index < -0.39 is 0 Å². The van der Waals surface area contributed by atoms with Crippen molar-refractivity contribution in [2.24, 2.45) is 0 Å². The van der Waals surface area contributed by atoms with E-state index in [1.807, 2.05) is 0 Å². The molecule has 13 heavy (non-hydrogen) atoms. The predicted molar refractivity (Wildman–Crippen MR) is 53.6 cm³/mol. The fraction of sp³-hybridized carbons (Fsp3) is 0.250. The summed E-state index contributed by atoms with van der Waals surface area (Å²) in [5.41, 5.74) is 1.46. The van der Waals surface area contributed by atoms with Crippen LogP contribution in [0.2, 0.25) is 0 Å². The molecule has 2 aromatic rings. The molecule has 2 aromatic carbocycles. The molecule has 0 saturated heterocycles. The van der Waals surface area contributed by atoms with Crippen molar-refractivity contribution in [2.45, 2.75) is 19.8 Å². The maximum atomic E-state index is 2.24. The van der Waals surface area contributed by atoms with Gasteiger partial charge in [0, 0.05) is 0 Å². The van der Waals surface area contributed by atoms with E-state index in [0.29, 0.717) is 5.92 Å². The molecule has 0 N–H and O–H groups in total. The minimum absolute atomic E-state index is 0. The van der Waals surface area contributed by atoms with Crippen LogP contribution < -0.4 is 18.9 Å². The molecule has 0 aliphatic rings. The molecule has 0 spiro atoms. The minimum atomic E-state index is 0. The van der Waals surface area contributed by atoms with Crippen molar-refractivity contribution in [3.05, 3.63) is 42.0 Å². The van der Waals surface area contributed by atoms with E-state index in [1.165, 1.54) is 16.3 Å². The quantitative estimate of drug-likeness (QED) is 0.429. The molecule has 0 amide bonds. The second-order valence-corrected chi connectivity index (χ2v) is 3.53. The van der Waals surface area contributed by atoms with Crippen LogP contribution in [-0.2, 0) is 0 Å². The summed E-state index contributed by atoms with van der Waals surface area (Å²) >= 11 is 0. The van der Waals surface area contributed by atoms with Gasteiger partial charge in [-0.2, -0.15) is 6.07 Å². The molecule has 0 radical (unpaired) electrons. The molecule has 0 saturated carbocycles. The van der Waals surface area contributed by atoms with Crippen LogP contribution in [0.3, 0.4) is 0 Å². The number of hydrogen-bond acceptors (Lipinski definition) is 0. The second-order valence-electron chi connectivity index (χ2n) is 3.53.